The van der Waals surface area contributed by atoms with E-state index in [0.717, 1.165) is 29.7 Å². The van der Waals surface area contributed by atoms with Gasteiger partial charge in [-0.05, 0) is 184 Å². The molecule has 4 heteroatoms. The van der Waals surface area contributed by atoms with Crippen LogP contribution in [-0.4, -0.2) is 0 Å². The predicted octanol–water partition coefficient (Wildman–Crippen LogP) is 21.8. The van der Waals surface area contributed by atoms with E-state index in [4.69, 9.17) is 5.48 Å². The zero-order valence-corrected chi connectivity index (χ0v) is 59.1. The quantitative estimate of drug-likeness (QED) is 0.115. The third kappa shape index (κ3) is 21.8. The van der Waals surface area contributed by atoms with Crippen LogP contribution >= 0.6 is 0 Å². The smallest absolute Gasteiger partial charge is 0.201 e. The van der Waals surface area contributed by atoms with Crippen molar-refractivity contribution in [2.24, 2.45) is 45.9 Å². The van der Waals surface area contributed by atoms with Crippen LogP contribution in [0.15, 0.2) is 128 Å². The van der Waals surface area contributed by atoms with Crippen molar-refractivity contribution in [2.75, 3.05) is 0 Å². The molecule has 0 saturated carbocycles. The van der Waals surface area contributed by atoms with Gasteiger partial charge in [0.25, 0.3) is 0 Å². The largest absolute Gasteiger partial charge is 0.212 e. The van der Waals surface area contributed by atoms with Crippen molar-refractivity contribution in [3.63, 3.8) is 0 Å². The number of hydrogen-bond acceptors (Lipinski definition) is 0. The molecule has 4 heterocycles. The van der Waals surface area contributed by atoms with Gasteiger partial charge in [-0.1, -0.05) is 212 Å². The molecular weight excluding hydrogens is 1090 g/mol. The highest BCUT2D eigenvalue weighted by molar-refractivity contribution is 5.65. The topological polar surface area (TPSA) is 15.5 Å². The van der Waals surface area contributed by atoms with Gasteiger partial charge in [0, 0.05) is 74.3 Å². The van der Waals surface area contributed by atoms with Crippen molar-refractivity contribution in [1.29, 1.82) is 0 Å². The lowest BCUT2D eigenvalue weighted by molar-refractivity contribution is -0.661. The van der Waals surface area contributed by atoms with E-state index in [-0.39, 0.29) is 51.9 Å². The second-order valence-electron chi connectivity index (χ2n) is 29.1. The normalized spacial score (nSPS) is 12.2. The minimum atomic E-state index is -1.63. The van der Waals surface area contributed by atoms with E-state index in [0.29, 0.717) is 23.0 Å². The monoisotopic (exact) mass is 1230 g/mol. The number of nitrogens with zero attached hydrogens (tertiary/aromatic N) is 4. The Bertz CT molecular complexity index is 3800. The molecule has 0 aliphatic heterocycles. The van der Waals surface area contributed by atoms with E-state index < -0.39 is 12.7 Å². The minimum Gasteiger partial charge on any atom is -0.201 e. The molecule has 8 aromatic rings. The average Bonchev–Trinajstić information content (AvgIpc) is 0.777. The van der Waals surface area contributed by atoms with Crippen LogP contribution in [0.25, 0.3) is 45.0 Å². The summed E-state index contributed by atoms with van der Waals surface area (Å²) in [5, 5.41) is 0. The van der Waals surface area contributed by atoms with Crippen LogP contribution in [0.3, 0.4) is 0 Å². The first kappa shape index (κ1) is 74.2. The Balaban J connectivity index is 0.000000619. The molecule has 0 aliphatic rings. The van der Waals surface area contributed by atoms with Gasteiger partial charge in [-0.15, -0.1) is 0 Å². The molecule has 0 atom stereocenters. The maximum absolute atomic E-state index is 8.47. The van der Waals surface area contributed by atoms with Crippen LogP contribution in [0.4, 0.5) is 0 Å². The van der Waals surface area contributed by atoms with Crippen molar-refractivity contribution < 1.29 is 23.8 Å². The SMILES string of the molecule is C.C.C.C.Cc1ccc(-c2cc(C)c(C(C)(C)C)c[n+]2C)c(C)c1.Cc1ccc(-c2cc(CC(C)C)c(CC(C)C)c[n+]2C)c(C)c1.Cc1ccccc1-c1cc(C(C)(C)C)c(C(C)(C)C)c[n+]1C.[2H]C([2H])(C)c1cc(-c2ccc(C)cc2C)[n+](C)cc1C([2H])([2H])C(C)C. The zero-order valence-electron chi connectivity index (χ0n) is 63.1. The van der Waals surface area contributed by atoms with E-state index in [1.54, 1.807) is 6.20 Å². The van der Waals surface area contributed by atoms with Gasteiger partial charge in [0.2, 0.25) is 22.8 Å². The molecular formula is C86H132N4+4. The first-order chi connectivity index (χ1) is 41.3. The first-order valence-electron chi connectivity index (χ1n) is 33.7. The Kier molecular flexibility index (Phi) is 28.2. The van der Waals surface area contributed by atoms with Gasteiger partial charge < -0.3 is 0 Å². The number of pyridine rings is 4. The molecule has 4 aromatic carbocycles. The molecule has 0 aliphatic carbocycles. The molecule has 8 rings (SSSR count). The Labute approximate surface area is 561 Å². The minimum absolute atomic E-state index is 0. The van der Waals surface area contributed by atoms with Crippen molar-refractivity contribution in [2.45, 2.75) is 238 Å². The molecule has 0 unspecified atom stereocenters. The lowest BCUT2D eigenvalue weighted by atomic mass is 9.75. The van der Waals surface area contributed by atoms with Gasteiger partial charge in [0.15, 0.2) is 24.8 Å². The fourth-order valence-corrected chi connectivity index (χ4v) is 11.9. The molecule has 90 heavy (non-hydrogen) atoms. The number of aromatic nitrogens is 4. The van der Waals surface area contributed by atoms with Gasteiger partial charge in [-0.25, -0.2) is 18.3 Å². The van der Waals surface area contributed by atoms with Gasteiger partial charge in [0.1, 0.15) is 28.2 Å². The van der Waals surface area contributed by atoms with Crippen LogP contribution in [0.2, 0.25) is 0 Å². The van der Waals surface area contributed by atoms with Crippen LogP contribution < -0.4 is 18.3 Å². The molecule has 4 aromatic heterocycles. The summed E-state index contributed by atoms with van der Waals surface area (Å²) < 4.78 is 42.2. The van der Waals surface area contributed by atoms with E-state index in [2.05, 4.69) is 270 Å². The summed E-state index contributed by atoms with van der Waals surface area (Å²) in [5.74, 6) is 1.12. The standard InChI is InChI=1S/C22H32N.C21H30N.C20H28N.C19H26N.4CH4/c1-15(2)10-19-13-22(21-9-8-17(5)12-18(21)6)23(7)14-20(19)11-16(3)4;1-15-11-9-10-12-16(15)19-13-17(20(2,3)4)18(14-22(19)8)21(5,6)7;1-7-17-12-20(19-9-8-15(4)11-16(19)5)21(6)13-18(17)10-14(2)3;1-13-8-9-16(14(2)10-13)18-11-15(3)17(12-20(18)7)19(4,5)6;;;;/h8-9,12-16H,10-11H2,1-7H3;9-14H,1-8H3;8-9,11-14H,7,10H2,1-6H3;8-12H,1-7H3;4*1H4/q4*+1;;;;/i;;7D2,10D2;;;;;. The fraction of sp³-hybridized carbons (Fsp3) is 0.488. The van der Waals surface area contributed by atoms with Crippen LogP contribution in [0.5, 0.6) is 0 Å². The highest BCUT2D eigenvalue weighted by Gasteiger charge is 2.31. The molecule has 0 bridgehead atoms. The zero-order chi connectivity index (χ0) is 68.1. The summed E-state index contributed by atoms with van der Waals surface area (Å²) in [6.45, 7) is 52.2. The molecule has 0 N–H and O–H groups in total. The number of hydrogen-bond donors (Lipinski definition) is 0. The maximum Gasteiger partial charge on any atom is 0.212 e. The summed E-state index contributed by atoms with van der Waals surface area (Å²) >= 11 is 0. The van der Waals surface area contributed by atoms with Crippen LogP contribution in [0, 0.1) is 73.1 Å². The lowest BCUT2D eigenvalue weighted by Crippen LogP contribution is -2.36. The summed E-state index contributed by atoms with van der Waals surface area (Å²) in [6.07, 6.45) is 7.80. The molecule has 4 nitrogen and oxygen atoms in total. The second-order valence-corrected chi connectivity index (χ2v) is 29.1. The maximum atomic E-state index is 8.47. The average molecular weight is 1230 g/mol. The van der Waals surface area contributed by atoms with Crippen LogP contribution in [-0.2, 0) is 70.0 Å². The Hall–Kier alpha value is -6.52. The van der Waals surface area contributed by atoms with E-state index >= 15 is 0 Å². The Morgan fingerprint density at radius 1 is 0.344 bits per heavy atom. The van der Waals surface area contributed by atoms with Gasteiger partial charge in [-0.2, -0.15) is 0 Å². The van der Waals surface area contributed by atoms with E-state index in [9.17, 15) is 0 Å². The summed E-state index contributed by atoms with van der Waals surface area (Å²) in [6, 6.07) is 37.2. The summed E-state index contributed by atoms with van der Waals surface area (Å²) in [7, 11) is 8.37. The highest BCUT2D eigenvalue weighted by atomic mass is 14.9. The fourth-order valence-electron chi connectivity index (χ4n) is 11.9. The number of benzene rings is 4. The predicted molar refractivity (Wildman–Crippen MR) is 398 cm³/mol. The van der Waals surface area contributed by atoms with Gasteiger partial charge in [0.05, 0.1) is 0 Å². The molecule has 0 spiro atoms. The molecule has 0 fully saturated rings. The molecule has 0 amide bonds. The Morgan fingerprint density at radius 2 is 0.689 bits per heavy atom. The van der Waals surface area contributed by atoms with Gasteiger partial charge in [-0.3, -0.25) is 0 Å². The van der Waals surface area contributed by atoms with E-state index in [1.165, 1.54) is 107 Å². The molecule has 0 radical (unpaired) electrons. The number of aryl methyl sites for hydroxylation is 13. The molecule has 0 saturated heterocycles. The van der Waals surface area contributed by atoms with Crippen molar-refractivity contribution in [3.8, 4) is 45.0 Å². The third-order valence-corrected chi connectivity index (χ3v) is 16.3. The second kappa shape index (κ2) is 34.2. The number of rotatable bonds is 11. The van der Waals surface area contributed by atoms with Crippen molar-refractivity contribution in [3.05, 3.63) is 211 Å². The first-order valence-corrected chi connectivity index (χ1v) is 31.7. The highest BCUT2D eigenvalue weighted by Crippen LogP contribution is 2.36. The molecule has 492 valence electrons. The van der Waals surface area contributed by atoms with Crippen LogP contribution in [0.1, 0.15) is 229 Å². The van der Waals surface area contributed by atoms with Crippen molar-refractivity contribution >= 4 is 0 Å². The summed E-state index contributed by atoms with van der Waals surface area (Å²) in [5.41, 5.74) is 28.7. The third-order valence-electron chi connectivity index (χ3n) is 16.3. The lowest BCUT2D eigenvalue weighted by Gasteiger charge is -2.29. The van der Waals surface area contributed by atoms with Gasteiger partial charge >= 0.3 is 0 Å². The van der Waals surface area contributed by atoms with Crippen molar-refractivity contribution in [1.82, 2.24) is 0 Å². The Morgan fingerprint density at radius 3 is 1.07 bits per heavy atom. The van der Waals surface area contributed by atoms with E-state index in [1.807, 2.05) is 57.5 Å². The summed E-state index contributed by atoms with van der Waals surface area (Å²) in [4.78, 5) is 0.